The van der Waals surface area contributed by atoms with E-state index in [1.165, 1.54) is 11.3 Å². The summed E-state index contributed by atoms with van der Waals surface area (Å²) < 4.78 is 10.6. The minimum Gasteiger partial charge on any atom is -0.493 e. The van der Waals surface area contributed by atoms with E-state index in [0.29, 0.717) is 11.5 Å². The van der Waals surface area contributed by atoms with Gasteiger partial charge in [0.2, 0.25) is 0 Å². The van der Waals surface area contributed by atoms with Crippen LogP contribution in [-0.4, -0.2) is 29.2 Å². The van der Waals surface area contributed by atoms with Crippen LogP contribution in [0.15, 0.2) is 42.2 Å². The van der Waals surface area contributed by atoms with Crippen molar-refractivity contribution in [3.8, 4) is 33.5 Å². The number of methoxy groups -OCH3 is 2. The van der Waals surface area contributed by atoms with Gasteiger partial charge in [0, 0.05) is 23.3 Å². The second kappa shape index (κ2) is 5.88. The third-order valence-electron chi connectivity index (χ3n) is 2.97. The molecule has 3 aromatic rings. The molecule has 0 aliphatic heterocycles. The molecule has 0 aliphatic rings. The first-order valence-corrected chi connectivity index (χ1v) is 7.14. The Morgan fingerprint density at radius 1 is 1.00 bits per heavy atom. The second-order valence-corrected chi connectivity index (χ2v) is 5.06. The first kappa shape index (κ1) is 13.5. The summed E-state index contributed by atoms with van der Waals surface area (Å²) in [5.74, 6) is 1.38. The van der Waals surface area contributed by atoms with Crippen LogP contribution in [0, 0.1) is 0 Å². The number of hydrogen-bond acceptors (Lipinski definition) is 6. The van der Waals surface area contributed by atoms with Gasteiger partial charge in [0.1, 0.15) is 10.7 Å². The predicted octanol–water partition coefficient (Wildman–Crippen LogP) is 3.28. The van der Waals surface area contributed by atoms with Crippen LogP contribution < -0.4 is 9.47 Å². The Kier molecular flexibility index (Phi) is 3.79. The van der Waals surface area contributed by atoms with Gasteiger partial charge in [-0.2, -0.15) is 0 Å². The average Bonchev–Trinajstić information content (AvgIpc) is 3.05. The number of benzene rings is 1. The number of thiazole rings is 1. The van der Waals surface area contributed by atoms with Crippen molar-refractivity contribution in [1.82, 2.24) is 15.0 Å². The fraction of sp³-hybridized carbons (Fsp3) is 0.133. The third-order valence-corrected chi connectivity index (χ3v) is 3.83. The summed E-state index contributed by atoms with van der Waals surface area (Å²) in [7, 11) is 3.24. The van der Waals surface area contributed by atoms with Crippen molar-refractivity contribution >= 4 is 11.3 Å². The van der Waals surface area contributed by atoms with Gasteiger partial charge in [-0.1, -0.05) is 0 Å². The van der Waals surface area contributed by atoms with Crippen LogP contribution in [0.1, 0.15) is 0 Å². The molecule has 106 valence electrons. The van der Waals surface area contributed by atoms with Crippen LogP contribution in [0.3, 0.4) is 0 Å². The fourth-order valence-corrected chi connectivity index (χ4v) is 2.72. The number of hydrogen-bond donors (Lipinski definition) is 0. The lowest BCUT2D eigenvalue weighted by Crippen LogP contribution is -1.91. The van der Waals surface area contributed by atoms with E-state index in [4.69, 9.17) is 9.47 Å². The zero-order valence-corrected chi connectivity index (χ0v) is 12.4. The third kappa shape index (κ3) is 2.71. The van der Waals surface area contributed by atoms with Crippen LogP contribution >= 0.6 is 11.3 Å². The summed E-state index contributed by atoms with van der Waals surface area (Å²) in [6.07, 6.45) is 5.01. The lowest BCUT2D eigenvalue weighted by atomic mass is 10.1. The molecule has 2 aromatic heterocycles. The van der Waals surface area contributed by atoms with E-state index in [1.54, 1.807) is 32.8 Å². The summed E-state index contributed by atoms with van der Waals surface area (Å²) in [4.78, 5) is 12.9. The van der Waals surface area contributed by atoms with E-state index in [2.05, 4.69) is 15.0 Å². The number of aromatic nitrogens is 3. The van der Waals surface area contributed by atoms with Crippen LogP contribution in [0.5, 0.6) is 11.5 Å². The Morgan fingerprint density at radius 3 is 2.57 bits per heavy atom. The van der Waals surface area contributed by atoms with Crippen molar-refractivity contribution in [3.05, 3.63) is 42.2 Å². The van der Waals surface area contributed by atoms with E-state index < -0.39 is 0 Å². The van der Waals surface area contributed by atoms with E-state index >= 15 is 0 Å². The maximum absolute atomic E-state index is 5.32. The van der Waals surface area contributed by atoms with Gasteiger partial charge in [-0.15, -0.1) is 11.3 Å². The highest BCUT2D eigenvalue weighted by Gasteiger charge is 2.10. The van der Waals surface area contributed by atoms with E-state index in [9.17, 15) is 0 Å². The highest BCUT2D eigenvalue weighted by molar-refractivity contribution is 7.13. The second-order valence-electron chi connectivity index (χ2n) is 4.20. The molecule has 6 heteroatoms. The van der Waals surface area contributed by atoms with Crippen LogP contribution in [-0.2, 0) is 0 Å². The molecular weight excluding hydrogens is 286 g/mol. The van der Waals surface area contributed by atoms with Gasteiger partial charge in [0.25, 0.3) is 0 Å². The maximum Gasteiger partial charge on any atom is 0.161 e. The van der Waals surface area contributed by atoms with Gasteiger partial charge in [0.05, 0.1) is 26.1 Å². The van der Waals surface area contributed by atoms with Crippen LogP contribution in [0.25, 0.3) is 22.0 Å². The van der Waals surface area contributed by atoms with Gasteiger partial charge < -0.3 is 9.47 Å². The van der Waals surface area contributed by atoms with Crippen molar-refractivity contribution in [2.24, 2.45) is 0 Å². The molecule has 0 atom stereocenters. The van der Waals surface area contributed by atoms with Crippen molar-refractivity contribution < 1.29 is 9.47 Å². The molecule has 0 aliphatic carbocycles. The minimum absolute atomic E-state index is 0.684. The predicted molar refractivity (Wildman–Crippen MR) is 81.7 cm³/mol. The molecule has 1 aromatic carbocycles. The largest absolute Gasteiger partial charge is 0.493 e. The number of ether oxygens (including phenoxy) is 2. The van der Waals surface area contributed by atoms with Crippen LogP contribution in [0.2, 0.25) is 0 Å². The summed E-state index contributed by atoms with van der Waals surface area (Å²) in [5, 5.41) is 2.83. The molecule has 0 N–H and O–H groups in total. The van der Waals surface area contributed by atoms with Crippen molar-refractivity contribution in [2.75, 3.05) is 14.2 Å². The maximum atomic E-state index is 5.32. The molecule has 3 rings (SSSR count). The number of nitrogens with zero attached hydrogens (tertiary/aromatic N) is 3. The molecule has 0 spiro atoms. The molecule has 2 heterocycles. The zero-order chi connectivity index (χ0) is 14.7. The molecular formula is C15H13N3O2S. The SMILES string of the molecule is COc1ccc(-c2csc(-c3cnccn3)n2)cc1OC. The number of rotatable bonds is 4. The Labute approximate surface area is 126 Å². The summed E-state index contributed by atoms with van der Waals surface area (Å²) >= 11 is 1.54. The monoisotopic (exact) mass is 299 g/mol. The topological polar surface area (TPSA) is 57.1 Å². The van der Waals surface area contributed by atoms with E-state index in [-0.39, 0.29) is 0 Å². The summed E-state index contributed by atoms with van der Waals surface area (Å²) in [6.45, 7) is 0. The van der Waals surface area contributed by atoms with E-state index in [1.807, 2.05) is 23.6 Å². The summed E-state index contributed by atoms with van der Waals surface area (Å²) in [6, 6.07) is 5.74. The molecule has 0 fully saturated rings. The van der Waals surface area contributed by atoms with Gasteiger partial charge in [-0.25, -0.2) is 4.98 Å². The van der Waals surface area contributed by atoms with Gasteiger partial charge in [-0.05, 0) is 18.2 Å². The smallest absolute Gasteiger partial charge is 0.161 e. The normalized spacial score (nSPS) is 10.4. The van der Waals surface area contributed by atoms with Gasteiger partial charge in [-0.3, -0.25) is 9.97 Å². The molecule has 0 amide bonds. The zero-order valence-electron chi connectivity index (χ0n) is 11.6. The molecule has 0 radical (unpaired) electrons. The first-order valence-electron chi connectivity index (χ1n) is 6.26. The molecule has 21 heavy (non-hydrogen) atoms. The standard InChI is InChI=1S/C15H13N3O2S/c1-19-13-4-3-10(7-14(13)20-2)12-9-21-15(18-12)11-8-16-5-6-17-11/h3-9H,1-2H3. The van der Waals surface area contributed by atoms with Crippen LogP contribution in [0.4, 0.5) is 0 Å². The molecule has 0 bridgehead atoms. The Bertz CT molecular complexity index is 744. The quantitative estimate of drug-likeness (QED) is 0.740. The first-order chi connectivity index (χ1) is 10.3. The Morgan fingerprint density at radius 2 is 1.86 bits per heavy atom. The molecule has 0 unspecified atom stereocenters. The Balaban J connectivity index is 1.97. The fourth-order valence-electron chi connectivity index (χ4n) is 1.93. The van der Waals surface area contributed by atoms with Crippen molar-refractivity contribution in [3.63, 3.8) is 0 Å². The molecule has 5 nitrogen and oxygen atoms in total. The lowest BCUT2D eigenvalue weighted by Gasteiger charge is -2.08. The average molecular weight is 299 g/mol. The summed E-state index contributed by atoms with van der Waals surface area (Å²) in [5.41, 5.74) is 2.62. The van der Waals surface area contributed by atoms with Gasteiger partial charge >= 0.3 is 0 Å². The lowest BCUT2D eigenvalue weighted by molar-refractivity contribution is 0.355. The van der Waals surface area contributed by atoms with Crippen molar-refractivity contribution in [1.29, 1.82) is 0 Å². The Hall–Kier alpha value is -2.47. The minimum atomic E-state index is 0.684. The van der Waals surface area contributed by atoms with Gasteiger partial charge in [0.15, 0.2) is 11.5 Å². The van der Waals surface area contributed by atoms with Crippen molar-refractivity contribution in [2.45, 2.75) is 0 Å². The van der Waals surface area contributed by atoms with E-state index in [0.717, 1.165) is 22.0 Å². The highest BCUT2D eigenvalue weighted by Crippen LogP contribution is 2.34. The molecule has 0 saturated carbocycles. The molecule has 0 saturated heterocycles. The highest BCUT2D eigenvalue weighted by atomic mass is 32.1.